The standard InChI is InChI=1S/C16H15NO2/c18-16(19)6-3-7-17-10-14-8-12-4-1-2-5-13(12)9-15(14)11-17/h1-2,4-5,8-11H,3,6-7H2,(H,18,19). The number of carbonyl (C=O) groups is 1. The molecule has 3 nitrogen and oxygen atoms in total. The molecule has 3 rings (SSSR count). The molecule has 0 atom stereocenters. The molecule has 19 heavy (non-hydrogen) atoms. The van der Waals surface area contributed by atoms with E-state index in [1.54, 1.807) is 0 Å². The van der Waals surface area contributed by atoms with Gasteiger partial charge in [-0.2, -0.15) is 0 Å². The highest BCUT2D eigenvalue weighted by Gasteiger charge is 2.02. The lowest BCUT2D eigenvalue weighted by atomic mass is 10.1. The van der Waals surface area contributed by atoms with Crippen LogP contribution in [0.5, 0.6) is 0 Å². The Balaban J connectivity index is 1.91. The average molecular weight is 253 g/mol. The first-order valence-electron chi connectivity index (χ1n) is 6.42. The van der Waals surface area contributed by atoms with Crippen molar-refractivity contribution in [2.75, 3.05) is 0 Å². The molecule has 0 aliphatic heterocycles. The maximum Gasteiger partial charge on any atom is 0.303 e. The number of carboxylic acids is 1. The summed E-state index contributed by atoms with van der Waals surface area (Å²) in [7, 11) is 0. The van der Waals surface area contributed by atoms with E-state index in [0.29, 0.717) is 6.42 Å². The van der Waals surface area contributed by atoms with Gasteiger partial charge in [0.25, 0.3) is 0 Å². The van der Waals surface area contributed by atoms with Crippen LogP contribution in [-0.2, 0) is 11.3 Å². The van der Waals surface area contributed by atoms with Crippen molar-refractivity contribution in [1.29, 1.82) is 0 Å². The monoisotopic (exact) mass is 253 g/mol. The van der Waals surface area contributed by atoms with Gasteiger partial charge in [0.05, 0.1) is 0 Å². The molecule has 0 unspecified atom stereocenters. The minimum absolute atomic E-state index is 0.219. The Morgan fingerprint density at radius 2 is 1.58 bits per heavy atom. The first-order valence-corrected chi connectivity index (χ1v) is 6.42. The van der Waals surface area contributed by atoms with Gasteiger partial charge in [-0.15, -0.1) is 0 Å². The van der Waals surface area contributed by atoms with Gasteiger partial charge >= 0.3 is 5.97 Å². The molecule has 1 aromatic heterocycles. The molecule has 2 aromatic carbocycles. The van der Waals surface area contributed by atoms with E-state index >= 15 is 0 Å². The molecule has 0 amide bonds. The fourth-order valence-electron chi connectivity index (χ4n) is 2.44. The number of fused-ring (bicyclic) bond motifs is 2. The summed E-state index contributed by atoms with van der Waals surface area (Å²) in [5.74, 6) is -0.734. The molecule has 0 radical (unpaired) electrons. The molecule has 3 aromatic rings. The van der Waals surface area contributed by atoms with Crippen molar-refractivity contribution in [3.8, 4) is 0 Å². The predicted molar refractivity (Wildman–Crippen MR) is 76.3 cm³/mol. The molecule has 1 N–H and O–H groups in total. The lowest BCUT2D eigenvalue weighted by Gasteiger charge is -1.99. The fraction of sp³-hybridized carbons (Fsp3) is 0.188. The third-order valence-electron chi connectivity index (χ3n) is 3.37. The van der Waals surface area contributed by atoms with Gasteiger partial charge in [-0.05, 0) is 40.1 Å². The summed E-state index contributed by atoms with van der Waals surface area (Å²) in [4.78, 5) is 10.5. The van der Waals surface area contributed by atoms with Gasteiger partial charge in [-0.25, -0.2) is 0 Å². The van der Waals surface area contributed by atoms with E-state index in [0.717, 1.165) is 6.54 Å². The summed E-state index contributed by atoms with van der Waals surface area (Å²) in [5.41, 5.74) is 0. The van der Waals surface area contributed by atoms with Crippen molar-refractivity contribution in [1.82, 2.24) is 4.57 Å². The van der Waals surface area contributed by atoms with Crippen LogP contribution in [0.1, 0.15) is 12.8 Å². The number of aliphatic carboxylic acids is 1. The number of nitrogens with zero attached hydrogens (tertiary/aromatic N) is 1. The summed E-state index contributed by atoms with van der Waals surface area (Å²) < 4.78 is 2.08. The van der Waals surface area contributed by atoms with Crippen LogP contribution in [0.2, 0.25) is 0 Å². The summed E-state index contributed by atoms with van der Waals surface area (Å²) in [6.07, 6.45) is 5.06. The molecule has 1 heterocycles. The average Bonchev–Trinajstić information content (AvgIpc) is 2.77. The number of aromatic nitrogens is 1. The van der Waals surface area contributed by atoms with Gasteiger partial charge in [-0.1, -0.05) is 24.3 Å². The maximum atomic E-state index is 10.5. The zero-order chi connectivity index (χ0) is 13.2. The molecule has 0 spiro atoms. The molecule has 3 heteroatoms. The Labute approximate surface area is 111 Å². The molecule has 0 bridgehead atoms. The van der Waals surface area contributed by atoms with E-state index in [1.807, 2.05) is 12.1 Å². The smallest absolute Gasteiger partial charge is 0.303 e. The zero-order valence-electron chi connectivity index (χ0n) is 10.5. The Morgan fingerprint density at radius 3 is 2.11 bits per heavy atom. The first kappa shape index (κ1) is 11.8. The highest BCUT2D eigenvalue weighted by molar-refractivity contribution is 5.98. The molecule has 0 aliphatic rings. The van der Waals surface area contributed by atoms with E-state index in [-0.39, 0.29) is 6.42 Å². The Bertz CT molecular complexity index is 690. The zero-order valence-corrected chi connectivity index (χ0v) is 10.5. The van der Waals surface area contributed by atoms with Crippen molar-refractivity contribution in [2.24, 2.45) is 0 Å². The predicted octanol–water partition coefficient (Wildman–Crippen LogP) is 3.66. The van der Waals surface area contributed by atoms with Crippen molar-refractivity contribution in [2.45, 2.75) is 19.4 Å². The second-order valence-corrected chi connectivity index (χ2v) is 4.82. The fourth-order valence-corrected chi connectivity index (χ4v) is 2.44. The summed E-state index contributed by atoms with van der Waals surface area (Å²) in [6.45, 7) is 0.747. The number of benzene rings is 2. The second-order valence-electron chi connectivity index (χ2n) is 4.82. The highest BCUT2D eigenvalue weighted by atomic mass is 16.4. The minimum Gasteiger partial charge on any atom is -0.481 e. The van der Waals surface area contributed by atoms with Gasteiger partial charge < -0.3 is 9.67 Å². The van der Waals surface area contributed by atoms with Gasteiger partial charge in [0, 0.05) is 25.4 Å². The maximum absolute atomic E-state index is 10.5. The molecular weight excluding hydrogens is 238 g/mol. The topological polar surface area (TPSA) is 42.2 Å². The van der Waals surface area contributed by atoms with Crippen molar-refractivity contribution in [3.63, 3.8) is 0 Å². The number of rotatable bonds is 4. The summed E-state index contributed by atoms with van der Waals surface area (Å²) >= 11 is 0. The van der Waals surface area contributed by atoms with Crippen molar-refractivity contribution in [3.05, 3.63) is 48.8 Å². The Kier molecular flexibility index (Phi) is 2.95. The van der Waals surface area contributed by atoms with Crippen LogP contribution in [-0.4, -0.2) is 15.6 Å². The van der Waals surface area contributed by atoms with E-state index in [9.17, 15) is 4.79 Å². The summed E-state index contributed by atoms with van der Waals surface area (Å²) in [5, 5.41) is 13.5. The third kappa shape index (κ3) is 2.45. The second kappa shape index (κ2) is 4.76. The van der Waals surface area contributed by atoms with Crippen LogP contribution in [0.3, 0.4) is 0 Å². The van der Waals surface area contributed by atoms with Gasteiger partial charge in [0.1, 0.15) is 0 Å². The van der Waals surface area contributed by atoms with E-state index < -0.39 is 5.97 Å². The number of hydrogen-bond donors (Lipinski definition) is 1. The van der Waals surface area contributed by atoms with E-state index in [2.05, 4.69) is 41.2 Å². The van der Waals surface area contributed by atoms with Crippen LogP contribution in [0.15, 0.2) is 48.8 Å². The largest absolute Gasteiger partial charge is 0.481 e. The normalized spacial score (nSPS) is 11.2. The SMILES string of the molecule is O=C(O)CCCn1cc2cc3ccccc3cc2c1. The summed E-state index contributed by atoms with van der Waals surface area (Å²) in [6, 6.07) is 12.7. The van der Waals surface area contributed by atoms with E-state index in [1.165, 1.54) is 21.5 Å². The minimum atomic E-state index is -0.734. The third-order valence-corrected chi connectivity index (χ3v) is 3.37. The van der Waals surface area contributed by atoms with Gasteiger partial charge in [-0.3, -0.25) is 4.79 Å². The van der Waals surface area contributed by atoms with Gasteiger partial charge in [0.2, 0.25) is 0 Å². The van der Waals surface area contributed by atoms with Crippen LogP contribution in [0.25, 0.3) is 21.5 Å². The highest BCUT2D eigenvalue weighted by Crippen LogP contribution is 2.23. The number of carboxylic acid groups (broad SMARTS) is 1. The molecule has 0 saturated heterocycles. The molecule has 96 valence electrons. The quantitative estimate of drug-likeness (QED) is 0.771. The van der Waals surface area contributed by atoms with Crippen LogP contribution >= 0.6 is 0 Å². The van der Waals surface area contributed by atoms with Gasteiger partial charge in [0.15, 0.2) is 0 Å². The Morgan fingerprint density at radius 1 is 1.00 bits per heavy atom. The van der Waals surface area contributed by atoms with Crippen LogP contribution in [0.4, 0.5) is 0 Å². The molecule has 0 fully saturated rings. The Hall–Kier alpha value is -2.29. The van der Waals surface area contributed by atoms with Crippen LogP contribution < -0.4 is 0 Å². The number of aryl methyl sites for hydroxylation is 1. The van der Waals surface area contributed by atoms with Crippen molar-refractivity contribution >= 4 is 27.5 Å². The number of hydrogen-bond acceptors (Lipinski definition) is 1. The van der Waals surface area contributed by atoms with Crippen LogP contribution in [0, 0.1) is 0 Å². The molecular formula is C16H15NO2. The van der Waals surface area contributed by atoms with E-state index in [4.69, 9.17) is 5.11 Å². The molecule has 0 aliphatic carbocycles. The van der Waals surface area contributed by atoms with Crippen molar-refractivity contribution < 1.29 is 9.90 Å². The lowest BCUT2D eigenvalue weighted by Crippen LogP contribution is -1.99. The lowest BCUT2D eigenvalue weighted by molar-refractivity contribution is -0.137. The molecule has 0 saturated carbocycles. The first-order chi connectivity index (χ1) is 9.22.